The molecule has 1 atom stereocenters. The Morgan fingerprint density at radius 3 is 2.00 bits per heavy atom. The summed E-state index contributed by atoms with van der Waals surface area (Å²) < 4.78 is 47.1. The summed E-state index contributed by atoms with van der Waals surface area (Å²) in [4.78, 5) is 0. The quantitative estimate of drug-likeness (QED) is 0.896. The first-order chi connectivity index (χ1) is 7.81. The van der Waals surface area contributed by atoms with Gasteiger partial charge in [0.2, 0.25) is 0 Å². The zero-order valence-electron chi connectivity index (χ0n) is 9.63. The number of methoxy groups -OCH3 is 2. The van der Waals surface area contributed by atoms with Gasteiger partial charge in [0.1, 0.15) is 0 Å². The van der Waals surface area contributed by atoms with Crippen molar-refractivity contribution in [1.82, 2.24) is 0 Å². The minimum Gasteiger partial charge on any atom is -0.493 e. The Balaban J connectivity index is 3.26. The first kappa shape index (κ1) is 13.6. The maximum atomic E-state index is 12.4. The van der Waals surface area contributed by atoms with Gasteiger partial charge in [0.05, 0.1) is 14.2 Å². The summed E-state index contributed by atoms with van der Waals surface area (Å²) in [6.45, 7) is 1.46. The summed E-state index contributed by atoms with van der Waals surface area (Å²) in [5, 5.41) is 9.20. The molecule has 0 bridgehead atoms. The molecule has 1 aromatic rings. The lowest BCUT2D eigenvalue weighted by Crippen LogP contribution is -2.21. The maximum Gasteiger partial charge on any atom is 0.418 e. The number of alkyl halides is 3. The SMILES string of the molecule is COc1cc(C)c(C(O)C(F)(F)F)cc1OC. The molecule has 0 saturated carbocycles. The third kappa shape index (κ3) is 2.82. The second kappa shape index (κ2) is 4.83. The van der Waals surface area contributed by atoms with Crippen LogP contribution >= 0.6 is 0 Å². The Morgan fingerprint density at radius 2 is 1.59 bits per heavy atom. The van der Waals surface area contributed by atoms with Crippen molar-refractivity contribution in [2.75, 3.05) is 14.2 Å². The molecule has 0 aliphatic heterocycles. The standard InChI is InChI=1S/C11H13F3O3/c1-6-4-8(16-2)9(17-3)5-7(6)10(15)11(12,13)14/h4-5,10,15H,1-3H3. The molecule has 0 saturated heterocycles. The zero-order valence-corrected chi connectivity index (χ0v) is 9.63. The van der Waals surface area contributed by atoms with Crippen LogP contribution in [0, 0.1) is 6.92 Å². The fourth-order valence-corrected chi connectivity index (χ4v) is 1.47. The van der Waals surface area contributed by atoms with E-state index in [1.165, 1.54) is 27.2 Å². The molecule has 0 fully saturated rings. The molecule has 0 amide bonds. The summed E-state index contributed by atoms with van der Waals surface area (Å²) in [5.74, 6) is 0.472. The topological polar surface area (TPSA) is 38.7 Å². The van der Waals surface area contributed by atoms with Crippen LogP contribution in [0.15, 0.2) is 12.1 Å². The van der Waals surface area contributed by atoms with Crippen molar-refractivity contribution in [3.05, 3.63) is 23.3 Å². The number of halogens is 3. The second-order valence-corrected chi connectivity index (χ2v) is 3.51. The number of rotatable bonds is 3. The second-order valence-electron chi connectivity index (χ2n) is 3.51. The molecule has 1 unspecified atom stereocenters. The fraction of sp³-hybridized carbons (Fsp3) is 0.455. The highest BCUT2D eigenvalue weighted by Crippen LogP contribution is 2.38. The largest absolute Gasteiger partial charge is 0.493 e. The molecule has 3 nitrogen and oxygen atoms in total. The van der Waals surface area contributed by atoms with Crippen molar-refractivity contribution < 1.29 is 27.8 Å². The van der Waals surface area contributed by atoms with E-state index in [9.17, 15) is 18.3 Å². The van der Waals surface area contributed by atoms with Gasteiger partial charge in [-0.3, -0.25) is 0 Å². The third-order valence-corrected chi connectivity index (χ3v) is 2.38. The molecular weight excluding hydrogens is 237 g/mol. The fourth-order valence-electron chi connectivity index (χ4n) is 1.47. The maximum absolute atomic E-state index is 12.4. The van der Waals surface area contributed by atoms with Crippen LogP contribution in [0.2, 0.25) is 0 Å². The Labute approximate surface area is 96.8 Å². The van der Waals surface area contributed by atoms with E-state index in [1.807, 2.05) is 0 Å². The van der Waals surface area contributed by atoms with Gasteiger partial charge in [-0.05, 0) is 30.2 Å². The molecule has 17 heavy (non-hydrogen) atoms. The summed E-state index contributed by atoms with van der Waals surface area (Å²) in [6.07, 6.45) is -7.23. The van der Waals surface area contributed by atoms with Crippen LogP contribution in [-0.4, -0.2) is 25.5 Å². The van der Waals surface area contributed by atoms with Gasteiger partial charge in [-0.1, -0.05) is 0 Å². The van der Waals surface area contributed by atoms with Gasteiger partial charge >= 0.3 is 6.18 Å². The van der Waals surface area contributed by atoms with Gasteiger partial charge in [0, 0.05) is 0 Å². The van der Waals surface area contributed by atoms with Crippen LogP contribution in [0.4, 0.5) is 13.2 Å². The van der Waals surface area contributed by atoms with Crippen LogP contribution in [0.25, 0.3) is 0 Å². The molecule has 0 heterocycles. The van der Waals surface area contributed by atoms with Gasteiger partial charge in [0.15, 0.2) is 17.6 Å². The number of aliphatic hydroxyl groups excluding tert-OH is 1. The van der Waals surface area contributed by atoms with Crippen LogP contribution < -0.4 is 9.47 Å². The minimum absolute atomic E-state index is 0.149. The molecule has 96 valence electrons. The van der Waals surface area contributed by atoms with E-state index in [0.717, 1.165) is 6.07 Å². The monoisotopic (exact) mass is 250 g/mol. The normalized spacial score (nSPS) is 13.4. The van der Waals surface area contributed by atoms with E-state index in [-0.39, 0.29) is 16.9 Å². The van der Waals surface area contributed by atoms with E-state index >= 15 is 0 Å². The molecule has 1 rings (SSSR count). The smallest absolute Gasteiger partial charge is 0.418 e. The summed E-state index contributed by atoms with van der Waals surface area (Å²) >= 11 is 0. The predicted molar refractivity (Wildman–Crippen MR) is 55.3 cm³/mol. The van der Waals surface area contributed by atoms with E-state index in [2.05, 4.69) is 0 Å². The molecule has 1 aromatic carbocycles. The highest BCUT2D eigenvalue weighted by molar-refractivity contribution is 5.48. The molecule has 1 N–H and O–H groups in total. The summed E-state index contributed by atoms with van der Waals surface area (Å²) in [5.41, 5.74) is 0.0441. The number of hydrogen-bond donors (Lipinski definition) is 1. The lowest BCUT2D eigenvalue weighted by atomic mass is 10.0. The van der Waals surface area contributed by atoms with Gasteiger partial charge in [-0.2, -0.15) is 13.2 Å². The van der Waals surface area contributed by atoms with E-state index in [1.54, 1.807) is 0 Å². The van der Waals surface area contributed by atoms with Gasteiger partial charge in [-0.15, -0.1) is 0 Å². The van der Waals surface area contributed by atoms with Crippen molar-refractivity contribution >= 4 is 0 Å². The van der Waals surface area contributed by atoms with Crippen LogP contribution in [0.5, 0.6) is 11.5 Å². The third-order valence-electron chi connectivity index (χ3n) is 2.38. The molecular formula is C11H13F3O3. The van der Waals surface area contributed by atoms with Crippen molar-refractivity contribution in [2.45, 2.75) is 19.2 Å². The average Bonchev–Trinajstić information content (AvgIpc) is 2.26. The van der Waals surface area contributed by atoms with E-state index in [0.29, 0.717) is 5.75 Å². The number of aliphatic hydroxyl groups is 1. The van der Waals surface area contributed by atoms with Crippen molar-refractivity contribution in [3.8, 4) is 11.5 Å². The first-order valence-corrected chi connectivity index (χ1v) is 4.78. The summed E-state index contributed by atoms with van der Waals surface area (Å²) in [7, 11) is 2.70. The van der Waals surface area contributed by atoms with Crippen molar-refractivity contribution in [1.29, 1.82) is 0 Å². The highest BCUT2D eigenvalue weighted by atomic mass is 19.4. The van der Waals surface area contributed by atoms with Crippen molar-refractivity contribution in [2.24, 2.45) is 0 Å². The Bertz CT molecular complexity index is 402. The van der Waals surface area contributed by atoms with Crippen molar-refractivity contribution in [3.63, 3.8) is 0 Å². The Kier molecular flexibility index (Phi) is 3.87. The molecule has 0 aliphatic carbocycles. The zero-order chi connectivity index (χ0) is 13.2. The molecule has 0 spiro atoms. The Hall–Kier alpha value is -1.43. The van der Waals surface area contributed by atoms with Gasteiger partial charge < -0.3 is 14.6 Å². The predicted octanol–water partition coefficient (Wildman–Crippen LogP) is 2.61. The average molecular weight is 250 g/mol. The van der Waals surface area contributed by atoms with Crippen LogP contribution in [-0.2, 0) is 0 Å². The van der Waals surface area contributed by atoms with Crippen LogP contribution in [0.3, 0.4) is 0 Å². The highest BCUT2D eigenvalue weighted by Gasteiger charge is 2.40. The number of hydrogen-bond acceptors (Lipinski definition) is 3. The van der Waals surface area contributed by atoms with E-state index < -0.39 is 12.3 Å². The summed E-state index contributed by atoms with van der Waals surface area (Å²) in [6, 6.07) is 2.52. The molecule has 0 radical (unpaired) electrons. The lowest BCUT2D eigenvalue weighted by Gasteiger charge is -2.19. The number of benzene rings is 1. The molecule has 0 aromatic heterocycles. The number of ether oxygens (including phenoxy) is 2. The van der Waals surface area contributed by atoms with Crippen LogP contribution in [0.1, 0.15) is 17.2 Å². The van der Waals surface area contributed by atoms with Gasteiger partial charge in [0.25, 0.3) is 0 Å². The molecule has 6 heteroatoms. The number of aryl methyl sites for hydroxylation is 1. The first-order valence-electron chi connectivity index (χ1n) is 4.78. The lowest BCUT2D eigenvalue weighted by molar-refractivity contribution is -0.207. The van der Waals surface area contributed by atoms with E-state index in [4.69, 9.17) is 9.47 Å². The minimum atomic E-state index is -4.70. The Morgan fingerprint density at radius 1 is 1.12 bits per heavy atom. The molecule has 0 aliphatic rings. The van der Waals surface area contributed by atoms with Gasteiger partial charge in [-0.25, -0.2) is 0 Å².